The normalized spacial score (nSPS) is 15.7. The molecule has 26 heavy (non-hydrogen) atoms. The molecule has 0 bridgehead atoms. The first-order chi connectivity index (χ1) is 12.4. The molecule has 1 saturated heterocycles. The molecule has 4 nitrogen and oxygen atoms in total. The maximum absolute atomic E-state index is 12.4. The van der Waals surface area contributed by atoms with Crippen LogP contribution < -0.4 is 0 Å². The second-order valence-electron chi connectivity index (χ2n) is 7.05. The number of thiophene rings is 1. The van der Waals surface area contributed by atoms with Gasteiger partial charge in [-0.05, 0) is 32.0 Å². The number of nitrogens with zero attached hydrogens (tertiary/aromatic N) is 3. The van der Waals surface area contributed by atoms with Crippen molar-refractivity contribution in [2.45, 2.75) is 20.4 Å². The lowest BCUT2D eigenvalue weighted by Crippen LogP contribution is -2.51. The van der Waals surface area contributed by atoms with Crippen molar-refractivity contribution in [2.75, 3.05) is 26.2 Å². The van der Waals surface area contributed by atoms with Crippen LogP contribution in [-0.4, -0.2) is 41.9 Å². The second kappa shape index (κ2) is 7.79. The number of halogens is 1. The molecule has 0 spiro atoms. The molecule has 1 aliphatic rings. The molecular formula is C20H22ClN3OS. The van der Waals surface area contributed by atoms with Crippen molar-refractivity contribution in [1.29, 1.82) is 5.26 Å². The zero-order chi connectivity index (χ0) is 18.7. The lowest BCUT2D eigenvalue weighted by molar-refractivity contribution is -0.139. The van der Waals surface area contributed by atoms with Crippen LogP contribution in [0.15, 0.2) is 36.4 Å². The fraction of sp³-hybridized carbons (Fsp3) is 0.400. The molecule has 1 aromatic heterocycles. The van der Waals surface area contributed by atoms with Gasteiger partial charge in [0.25, 0.3) is 0 Å². The minimum atomic E-state index is -0.945. The molecule has 0 saturated carbocycles. The summed E-state index contributed by atoms with van der Waals surface area (Å²) in [5.74, 6) is -0.0724. The number of hydrogen-bond acceptors (Lipinski definition) is 4. The van der Waals surface area contributed by atoms with Crippen molar-refractivity contribution >= 4 is 28.8 Å². The zero-order valence-corrected chi connectivity index (χ0v) is 16.6. The van der Waals surface area contributed by atoms with Gasteiger partial charge in [-0.25, -0.2) is 0 Å². The number of carbonyl (C=O) groups is 1. The van der Waals surface area contributed by atoms with Crippen LogP contribution >= 0.6 is 22.9 Å². The second-order valence-corrected chi connectivity index (χ2v) is 8.63. The van der Waals surface area contributed by atoms with Crippen LogP contribution in [0.4, 0.5) is 0 Å². The molecular weight excluding hydrogens is 366 g/mol. The van der Waals surface area contributed by atoms with Crippen molar-refractivity contribution in [2.24, 2.45) is 5.41 Å². The Labute approximate surface area is 163 Å². The van der Waals surface area contributed by atoms with Crippen LogP contribution in [0.25, 0.3) is 10.4 Å². The van der Waals surface area contributed by atoms with Crippen molar-refractivity contribution in [3.05, 3.63) is 46.3 Å². The minimum Gasteiger partial charge on any atom is -0.339 e. The Morgan fingerprint density at radius 3 is 2.54 bits per heavy atom. The first kappa shape index (κ1) is 18.9. The monoisotopic (exact) mass is 387 g/mol. The summed E-state index contributed by atoms with van der Waals surface area (Å²) in [6.07, 6.45) is 0. The summed E-state index contributed by atoms with van der Waals surface area (Å²) >= 11 is 8.05. The fourth-order valence-corrected chi connectivity index (χ4v) is 4.42. The Bertz CT molecular complexity index is 832. The highest BCUT2D eigenvalue weighted by atomic mass is 35.5. The number of benzene rings is 1. The summed E-state index contributed by atoms with van der Waals surface area (Å²) in [5, 5.41) is 9.91. The van der Waals surface area contributed by atoms with E-state index in [1.54, 1.807) is 25.2 Å². The molecule has 6 heteroatoms. The summed E-state index contributed by atoms with van der Waals surface area (Å²) in [4.78, 5) is 19.0. The molecule has 0 unspecified atom stereocenters. The maximum Gasteiger partial charge on any atom is 0.242 e. The lowest BCUT2D eigenvalue weighted by atomic mass is 9.93. The van der Waals surface area contributed by atoms with Gasteiger partial charge in [-0.3, -0.25) is 9.69 Å². The summed E-state index contributed by atoms with van der Waals surface area (Å²) in [6, 6.07) is 14.3. The summed E-state index contributed by atoms with van der Waals surface area (Å²) in [7, 11) is 0. The van der Waals surface area contributed by atoms with E-state index in [0.29, 0.717) is 13.1 Å². The average Bonchev–Trinajstić information content (AvgIpc) is 3.10. The molecule has 1 amide bonds. The third-order valence-corrected chi connectivity index (χ3v) is 6.09. The molecule has 1 aromatic carbocycles. The Balaban J connectivity index is 1.58. The molecule has 2 heterocycles. The highest BCUT2D eigenvalue weighted by Crippen LogP contribution is 2.33. The molecule has 1 fully saturated rings. The van der Waals surface area contributed by atoms with Gasteiger partial charge in [-0.1, -0.05) is 29.8 Å². The smallest absolute Gasteiger partial charge is 0.242 e. The SMILES string of the molecule is CC(C)(C#N)C(=O)N1CCN(Cc2ccc(-c3ccccc3Cl)s2)CC1. The summed E-state index contributed by atoms with van der Waals surface area (Å²) in [5.41, 5.74) is 0.124. The van der Waals surface area contributed by atoms with Gasteiger partial charge in [-0.2, -0.15) is 5.26 Å². The molecule has 1 aliphatic heterocycles. The fourth-order valence-electron chi connectivity index (χ4n) is 3.04. The largest absolute Gasteiger partial charge is 0.339 e. The minimum absolute atomic E-state index is 0.0724. The zero-order valence-electron chi connectivity index (χ0n) is 15.0. The van der Waals surface area contributed by atoms with Crippen molar-refractivity contribution < 1.29 is 4.79 Å². The highest BCUT2D eigenvalue weighted by Gasteiger charge is 2.33. The highest BCUT2D eigenvalue weighted by molar-refractivity contribution is 7.15. The number of piperazine rings is 1. The van der Waals surface area contributed by atoms with E-state index in [2.05, 4.69) is 23.1 Å². The van der Waals surface area contributed by atoms with Gasteiger partial charge < -0.3 is 4.90 Å². The average molecular weight is 388 g/mol. The number of nitriles is 1. The van der Waals surface area contributed by atoms with E-state index in [-0.39, 0.29) is 5.91 Å². The van der Waals surface area contributed by atoms with E-state index in [1.807, 2.05) is 29.2 Å². The molecule has 0 N–H and O–H groups in total. The Hall–Kier alpha value is -1.87. The van der Waals surface area contributed by atoms with Crippen molar-refractivity contribution in [3.63, 3.8) is 0 Å². The van der Waals surface area contributed by atoms with Crippen LogP contribution in [0.3, 0.4) is 0 Å². The van der Waals surface area contributed by atoms with Gasteiger partial charge in [0, 0.05) is 53.1 Å². The predicted octanol–water partition coefficient (Wildman–Crippen LogP) is 4.26. The standard InChI is InChI=1S/C20H22ClN3OS/c1-20(2,14-22)19(25)24-11-9-23(10-12-24)13-15-7-8-18(26-15)16-5-3-4-6-17(16)21/h3-8H,9-13H2,1-2H3. The van der Waals surface area contributed by atoms with Crippen molar-refractivity contribution in [3.8, 4) is 16.5 Å². The first-order valence-electron chi connectivity index (χ1n) is 8.67. The summed E-state index contributed by atoms with van der Waals surface area (Å²) in [6.45, 7) is 7.24. The van der Waals surface area contributed by atoms with Gasteiger partial charge in [-0.15, -0.1) is 11.3 Å². The molecule has 0 aliphatic carbocycles. The predicted molar refractivity (Wildman–Crippen MR) is 106 cm³/mol. The third kappa shape index (κ3) is 4.09. The van der Waals surface area contributed by atoms with Crippen molar-refractivity contribution in [1.82, 2.24) is 9.80 Å². The van der Waals surface area contributed by atoms with E-state index in [4.69, 9.17) is 16.9 Å². The topological polar surface area (TPSA) is 47.3 Å². The van der Waals surface area contributed by atoms with Gasteiger partial charge in [0.15, 0.2) is 0 Å². The van der Waals surface area contributed by atoms with Gasteiger partial charge in [0.05, 0.1) is 6.07 Å². The quantitative estimate of drug-likeness (QED) is 0.787. The number of amides is 1. The van der Waals surface area contributed by atoms with E-state index in [0.717, 1.165) is 30.2 Å². The van der Waals surface area contributed by atoms with Crippen LogP contribution in [-0.2, 0) is 11.3 Å². The van der Waals surface area contributed by atoms with Crippen LogP contribution in [0.1, 0.15) is 18.7 Å². The number of carbonyl (C=O) groups excluding carboxylic acids is 1. The Morgan fingerprint density at radius 2 is 1.88 bits per heavy atom. The molecule has 0 atom stereocenters. The molecule has 2 aromatic rings. The van der Waals surface area contributed by atoms with Crippen LogP contribution in [0.2, 0.25) is 5.02 Å². The van der Waals surface area contributed by atoms with Crippen LogP contribution in [0, 0.1) is 16.7 Å². The van der Waals surface area contributed by atoms with Gasteiger partial charge in [0.2, 0.25) is 5.91 Å². The van der Waals surface area contributed by atoms with E-state index in [9.17, 15) is 4.79 Å². The van der Waals surface area contributed by atoms with Crippen LogP contribution in [0.5, 0.6) is 0 Å². The maximum atomic E-state index is 12.4. The van der Waals surface area contributed by atoms with Gasteiger partial charge >= 0.3 is 0 Å². The summed E-state index contributed by atoms with van der Waals surface area (Å²) < 4.78 is 0. The number of rotatable bonds is 4. The van der Waals surface area contributed by atoms with E-state index < -0.39 is 5.41 Å². The number of hydrogen-bond donors (Lipinski definition) is 0. The van der Waals surface area contributed by atoms with Gasteiger partial charge in [0.1, 0.15) is 5.41 Å². The third-order valence-electron chi connectivity index (χ3n) is 4.65. The molecule has 0 radical (unpaired) electrons. The Kier molecular flexibility index (Phi) is 5.67. The molecule has 136 valence electrons. The van der Waals surface area contributed by atoms with E-state index in [1.165, 1.54) is 9.75 Å². The Morgan fingerprint density at radius 1 is 1.19 bits per heavy atom. The lowest BCUT2D eigenvalue weighted by Gasteiger charge is -2.36. The van der Waals surface area contributed by atoms with E-state index >= 15 is 0 Å². The first-order valence-corrected chi connectivity index (χ1v) is 9.87. The molecule has 3 rings (SSSR count).